The average Bonchev–Trinajstić information content (AvgIpc) is 2.28. The van der Waals surface area contributed by atoms with Gasteiger partial charge < -0.3 is 10.2 Å². The molecule has 0 saturated carbocycles. The fourth-order valence-corrected chi connectivity index (χ4v) is 2.36. The summed E-state index contributed by atoms with van der Waals surface area (Å²) in [5.41, 5.74) is 1.25. The Labute approximate surface area is 119 Å². The van der Waals surface area contributed by atoms with Crippen LogP contribution < -0.4 is 10.2 Å². The number of nitrogens with zero attached hydrogens (tertiary/aromatic N) is 2. The summed E-state index contributed by atoms with van der Waals surface area (Å²) < 4.78 is 1.04. The minimum Gasteiger partial charge on any atom is -0.359 e. The molecule has 0 spiro atoms. The number of nitrogens with one attached hydrogen (secondary N) is 1. The maximum Gasteiger partial charge on any atom is 0.132 e. The van der Waals surface area contributed by atoms with Gasteiger partial charge in [0.1, 0.15) is 5.82 Å². The Kier molecular flexibility index (Phi) is 6.65. The lowest BCUT2D eigenvalue weighted by Crippen LogP contribution is -2.26. The first kappa shape index (κ1) is 15.4. The zero-order chi connectivity index (χ0) is 13.5. The lowest BCUT2D eigenvalue weighted by Gasteiger charge is -2.23. The van der Waals surface area contributed by atoms with Crippen LogP contribution in [0.5, 0.6) is 0 Å². The molecule has 0 aliphatic carbocycles. The van der Waals surface area contributed by atoms with E-state index in [4.69, 9.17) is 0 Å². The van der Waals surface area contributed by atoms with Crippen molar-refractivity contribution in [3.8, 4) is 0 Å². The van der Waals surface area contributed by atoms with Crippen LogP contribution in [0.1, 0.15) is 32.8 Å². The predicted octanol–water partition coefficient (Wildman–Crippen LogP) is 3.44. The smallest absolute Gasteiger partial charge is 0.132 e. The van der Waals surface area contributed by atoms with E-state index in [0.717, 1.165) is 36.3 Å². The molecule has 0 fully saturated rings. The topological polar surface area (TPSA) is 28.2 Å². The molecule has 18 heavy (non-hydrogen) atoms. The zero-order valence-electron chi connectivity index (χ0n) is 11.8. The average molecular weight is 314 g/mol. The van der Waals surface area contributed by atoms with Crippen molar-refractivity contribution in [1.29, 1.82) is 0 Å². The van der Waals surface area contributed by atoms with E-state index in [1.807, 2.05) is 6.20 Å². The van der Waals surface area contributed by atoms with Gasteiger partial charge in [-0.2, -0.15) is 0 Å². The van der Waals surface area contributed by atoms with Crippen molar-refractivity contribution < 1.29 is 0 Å². The molecule has 1 aromatic heterocycles. The molecular formula is C14H24BrN3. The molecule has 0 bridgehead atoms. The first-order valence-corrected chi connectivity index (χ1v) is 7.40. The standard InChI is InChI=1S/C14H24BrN3/c1-5-6-16-8-12-7-13(15)9-17-14(12)18(4)10-11(2)3/h7,9,11,16H,5-6,8,10H2,1-4H3. The highest BCUT2D eigenvalue weighted by Crippen LogP contribution is 2.21. The number of hydrogen-bond acceptors (Lipinski definition) is 3. The summed E-state index contributed by atoms with van der Waals surface area (Å²) in [6.45, 7) is 9.57. The molecule has 0 aliphatic heterocycles. The second kappa shape index (κ2) is 7.74. The lowest BCUT2D eigenvalue weighted by atomic mass is 10.2. The Morgan fingerprint density at radius 3 is 2.78 bits per heavy atom. The molecule has 0 unspecified atom stereocenters. The summed E-state index contributed by atoms with van der Waals surface area (Å²) in [4.78, 5) is 6.79. The number of pyridine rings is 1. The van der Waals surface area contributed by atoms with Crippen LogP contribution in [0.15, 0.2) is 16.7 Å². The monoisotopic (exact) mass is 313 g/mol. The Hall–Kier alpha value is -0.610. The fourth-order valence-electron chi connectivity index (χ4n) is 1.98. The van der Waals surface area contributed by atoms with Crippen LogP contribution in [0.2, 0.25) is 0 Å². The maximum absolute atomic E-state index is 4.55. The molecule has 0 saturated heterocycles. The number of anilines is 1. The Morgan fingerprint density at radius 1 is 1.44 bits per heavy atom. The third kappa shape index (κ3) is 4.94. The molecule has 1 N–H and O–H groups in total. The van der Waals surface area contributed by atoms with Crippen LogP contribution in [0.25, 0.3) is 0 Å². The number of hydrogen-bond donors (Lipinski definition) is 1. The van der Waals surface area contributed by atoms with Gasteiger partial charge >= 0.3 is 0 Å². The van der Waals surface area contributed by atoms with Crippen molar-refractivity contribution in [2.75, 3.05) is 25.0 Å². The third-order valence-corrected chi connectivity index (χ3v) is 3.09. The van der Waals surface area contributed by atoms with Gasteiger partial charge in [0, 0.05) is 36.4 Å². The number of rotatable bonds is 7. The Morgan fingerprint density at radius 2 is 2.17 bits per heavy atom. The minimum absolute atomic E-state index is 0.636. The summed E-state index contributed by atoms with van der Waals surface area (Å²) >= 11 is 3.50. The molecule has 1 aromatic rings. The highest BCUT2D eigenvalue weighted by Gasteiger charge is 2.10. The number of aromatic nitrogens is 1. The van der Waals surface area contributed by atoms with E-state index in [-0.39, 0.29) is 0 Å². The van der Waals surface area contributed by atoms with Crippen LogP contribution in [-0.4, -0.2) is 25.1 Å². The predicted molar refractivity (Wildman–Crippen MR) is 82.0 cm³/mol. The fraction of sp³-hybridized carbons (Fsp3) is 0.643. The van der Waals surface area contributed by atoms with E-state index in [1.54, 1.807) is 0 Å². The van der Waals surface area contributed by atoms with Crippen molar-refractivity contribution in [2.45, 2.75) is 33.7 Å². The molecule has 1 heterocycles. The Balaban J connectivity index is 2.81. The van der Waals surface area contributed by atoms with E-state index < -0.39 is 0 Å². The van der Waals surface area contributed by atoms with E-state index in [1.165, 1.54) is 5.56 Å². The molecule has 3 nitrogen and oxygen atoms in total. The first-order chi connectivity index (χ1) is 8.54. The third-order valence-electron chi connectivity index (χ3n) is 2.65. The minimum atomic E-state index is 0.636. The molecule has 102 valence electrons. The van der Waals surface area contributed by atoms with Crippen LogP contribution in [-0.2, 0) is 6.54 Å². The van der Waals surface area contributed by atoms with Crippen molar-refractivity contribution in [3.63, 3.8) is 0 Å². The second-order valence-corrected chi connectivity index (χ2v) is 6.00. The molecule has 0 atom stereocenters. The largest absolute Gasteiger partial charge is 0.359 e. The highest BCUT2D eigenvalue weighted by atomic mass is 79.9. The van der Waals surface area contributed by atoms with Gasteiger partial charge in [-0.05, 0) is 40.9 Å². The van der Waals surface area contributed by atoms with E-state index in [9.17, 15) is 0 Å². The van der Waals surface area contributed by atoms with Gasteiger partial charge in [-0.3, -0.25) is 0 Å². The molecular weight excluding hydrogens is 290 g/mol. The van der Waals surface area contributed by atoms with Gasteiger partial charge in [0.15, 0.2) is 0 Å². The molecule has 0 amide bonds. The normalized spacial score (nSPS) is 11.0. The van der Waals surface area contributed by atoms with Gasteiger partial charge in [-0.25, -0.2) is 4.98 Å². The highest BCUT2D eigenvalue weighted by molar-refractivity contribution is 9.10. The van der Waals surface area contributed by atoms with Crippen LogP contribution in [0.3, 0.4) is 0 Å². The lowest BCUT2D eigenvalue weighted by molar-refractivity contribution is 0.627. The molecule has 0 radical (unpaired) electrons. The Bertz CT molecular complexity index is 366. The first-order valence-electron chi connectivity index (χ1n) is 6.60. The van der Waals surface area contributed by atoms with Crippen LogP contribution in [0.4, 0.5) is 5.82 Å². The maximum atomic E-state index is 4.55. The van der Waals surface area contributed by atoms with Crippen molar-refractivity contribution in [1.82, 2.24) is 10.3 Å². The van der Waals surface area contributed by atoms with Gasteiger partial charge in [-0.1, -0.05) is 20.8 Å². The number of halogens is 1. The van der Waals surface area contributed by atoms with Gasteiger partial charge in [0.2, 0.25) is 0 Å². The summed E-state index contributed by atoms with van der Waals surface area (Å²) in [6.07, 6.45) is 3.02. The van der Waals surface area contributed by atoms with E-state index in [0.29, 0.717) is 5.92 Å². The molecule has 0 aromatic carbocycles. The van der Waals surface area contributed by atoms with Crippen LogP contribution >= 0.6 is 15.9 Å². The van der Waals surface area contributed by atoms with Gasteiger partial charge in [-0.15, -0.1) is 0 Å². The summed E-state index contributed by atoms with van der Waals surface area (Å²) in [6, 6.07) is 2.15. The molecule has 4 heteroatoms. The van der Waals surface area contributed by atoms with E-state index >= 15 is 0 Å². The summed E-state index contributed by atoms with van der Waals surface area (Å²) in [5, 5.41) is 3.44. The zero-order valence-corrected chi connectivity index (χ0v) is 13.4. The van der Waals surface area contributed by atoms with Crippen molar-refractivity contribution in [2.24, 2.45) is 5.92 Å². The van der Waals surface area contributed by atoms with Crippen molar-refractivity contribution in [3.05, 3.63) is 22.3 Å². The SMILES string of the molecule is CCCNCc1cc(Br)cnc1N(C)CC(C)C. The quantitative estimate of drug-likeness (QED) is 0.782. The second-order valence-electron chi connectivity index (χ2n) is 5.09. The summed E-state index contributed by atoms with van der Waals surface area (Å²) in [5.74, 6) is 1.72. The van der Waals surface area contributed by atoms with E-state index in [2.05, 4.69) is 65.0 Å². The molecule has 0 aliphatic rings. The summed E-state index contributed by atoms with van der Waals surface area (Å²) in [7, 11) is 2.11. The van der Waals surface area contributed by atoms with Crippen molar-refractivity contribution >= 4 is 21.7 Å². The molecule has 1 rings (SSSR count). The van der Waals surface area contributed by atoms with Gasteiger partial charge in [0.25, 0.3) is 0 Å². The van der Waals surface area contributed by atoms with Crippen LogP contribution in [0, 0.1) is 5.92 Å². The van der Waals surface area contributed by atoms with Gasteiger partial charge in [0.05, 0.1) is 0 Å².